The molecule has 5 nitrogen and oxygen atoms in total. The molecule has 0 aliphatic carbocycles. The van der Waals surface area contributed by atoms with Crippen LogP contribution in [-0.4, -0.2) is 16.0 Å². The van der Waals surface area contributed by atoms with Crippen LogP contribution < -0.4 is 5.32 Å². The van der Waals surface area contributed by atoms with Gasteiger partial charge in [0, 0.05) is 16.2 Å². The number of carbonyl (C=O) groups excluding carboxylic acids is 1. The number of aromatic nitrogens is 1. The van der Waals surface area contributed by atoms with Crippen LogP contribution in [-0.2, 0) is 0 Å². The fourth-order valence-corrected chi connectivity index (χ4v) is 3.72. The molecule has 7 heteroatoms. The molecule has 1 amide bonds. The number of aromatic hydroxyl groups is 1. The summed E-state index contributed by atoms with van der Waals surface area (Å²) >= 11 is 9.43. The average Bonchev–Trinajstić information content (AvgIpc) is 3.07. The van der Waals surface area contributed by atoms with Gasteiger partial charge in [-0.2, -0.15) is 0 Å². The van der Waals surface area contributed by atoms with E-state index in [4.69, 9.17) is 16.0 Å². The van der Waals surface area contributed by atoms with Gasteiger partial charge in [0.2, 0.25) is 5.89 Å². The van der Waals surface area contributed by atoms with Crippen LogP contribution in [0.4, 0.5) is 5.69 Å². The molecule has 0 unspecified atom stereocenters. The Morgan fingerprint density at radius 2 is 1.93 bits per heavy atom. The number of fused-ring (bicyclic) bond motifs is 1. The summed E-state index contributed by atoms with van der Waals surface area (Å²) in [7, 11) is 0. The van der Waals surface area contributed by atoms with Crippen molar-refractivity contribution in [1.82, 2.24) is 4.98 Å². The van der Waals surface area contributed by atoms with E-state index in [1.165, 1.54) is 6.07 Å². The monoisotopic (exact) mass is 470 g/mol. The Bertz CT molecular complexity index is 1270. The zero-order valence-corrected chi connectivity index (χ0v) is 17.9. The lowest BCUT2D eigenvalue weighted by atomic mass is 10.1. The summed E-state index contributed by atoms with van der Waals surface area (Å²) in [5.41, 5.74) is 4.68. The van der Waals surface area contributed by atoms with Crippen LogP contribution in [0, 0.1) is 13.8 Å². The van der Waals surface area contributed by atoms with Crippen molar-refractivity contribution < 1.29 is 14.3 Å². The number of anilines is 1. The molecule has 0 bridgehead atoms. The first-order valence-corrected chi connectivity index (χ1v) is 9.96. The Kier molecular flexibility index (Phi) is 5.06. The van der Waals surface area contributed by atoms with E-state index >= 15 is 0 Å². The molecule has 0 saturated heterocycles. The molecule has 29 heavy (non-hydrogen) atoms. The maximum absolute atomic E-state index is 12.5. The first kappa shape index (κ1) is 19.5. The summed E-state index contributed by atoms with van der Waals surface area (Å²) in [6, 6.07) is 13.7. The predicted molar refractivity (Wildman–Crippen MR) is 118 cm³/mol. The fraction of sp³-hybridized carbons (Fsp3) is 0.0909. The van der Waals surface area contributed by atoms with Gasteiger partial charge in [0.1, 0.15) is 11.3 Å². The Labute approximate surface area is 180 Å². The van der Waals surface area contributed by atoms with Gasteiger partial charge in [-0.1, -0.05) is 33.6 Å². The van der Waals surface area contributed by atoms with E-state index in [1.807, 2.05) is 26.0 Å². The number of carbonyl (C=O) groups is 1. The lowest BCUT2D eigenvalue weighted by Gasteiger charge is -2.09. The molecule has 0 saturated carbocycles. The van der Waals surface area contributed by atoms with Gasteiger partial charge in [-0.15, -0.1) is 0 Å². The maximum Gasteiger partial charge on any atom is 0.257 e. The quantitative estimate of drug-likeness (QED) is 0.358. The van der Waals surface area contributed by atoms with E-state index in [0.29, 0.717) is 33.3 Å². The Morgan fingerprint density at radius 3 is 2.69 bits per heavy atom. The molecule has 1 heterocycles. The second-order valence-corrected chi connectivity index (χ2v) is 8.08. The Hall–Kier alpha value is -2.83. The molecule has 0 radical (unpaired) electrons. The molecule has 0 atom stereocenters. The van der Waals surface area contributed by atoms with Crippen LogP contribution in [0.25, 0.3) is 22.6 Å². The van der Waals surface area contributed by atoms with Gasteiger partial charge in [0.25, 0.3) is 5.91 Å². The minimum atomic E-state index is -0.378. The van der Waals surface area contributed by atoms with Crippen molar-refractivity contribution in [2.24, 2.45) is 0 Å². The number of phenols is 1. The third-order valence-electron chi connectivity index (χ3n) is 4.48. The number of rotatable bonds is 3. The summed E-state index contributed by atoms with van der Waals surface area (Å²) in [5, 5.41) is 13.6. The Balaban J connectivity index is 1.64. The number of nitrogens with zero attached hydrogens (tertiary/aromatic N) is 1. The van der Waals surface area contributed by atoms with E-state index in [1.54, 1.807) is 30.3 Å². The predicted octanol–water partition coefficient (Wildman–Crippen LogP) is 6.49. The highest BCUT2D eigenvalue weighted by atomic mass is 79.9. The normalized spacial score (nSPS) is 11.0. The minimum Gasteiger partial charge on any atom is -0.507 e. The molecule has 1 aromatic heterocycles. The third-order valence-corrected chi connectivity index (χ3v) is 5.30. The molecule has 2 N–H and O–H groups in total. The van der Waals surface area contributed by atoms with Crippen molar-refractivity contribution in [2.45, 2.75) is 13.8 Å². The molecule has 0 fully saturated rings. The topological polar surface area (TPSA) is 75.4 Å². The van der Waals surface area contributed by atoms with Crippen molar-refractivity contribution in [1.29, 1.82) is 0 Å². The van der Waals surface area contributed by atoms with Crippen molar-refractivity contribution in [3.8, 4) is 17.2 Å². The van der Waals surface area contributed by atoms with Crippen LogP contribution in [0.2, 0.25) is 5.02 Å². The van der Waals surface area contributed by atoms with Crippen LogP contribution >= 0.6 is 27.5 Å². The molecular formula is C22H16BrClN2O3. The number of hydrogen-bond acceptors (Lipinski definition) is 4. The number of halogens is 2. The third kappa shape index (κ3) is 3.86. The fourth-order valence-electron chi connectivity index (χ4n) is 3.15. The lowest BCUT2D eigenvalue weighted by Crippen LogP contribution is -2.12. The maximum atomic E-state index is 12.5. The zero-order valence-electron chi connectivity index (χ0n) is 15.6. The number of benzene rings is 3. The van der Waals surface area contributed by atoms with Gasteiger partial charge in [0.05, 0.1) is 16.1 Å². The lowest BCUT2D eigenvalue weighted by molar-refractivity contribution is 0.102. The minimum absolute atomic E-state index is 0.0518. The van der Waals surface area contributed by atoms with Crippen LogP contribution in [0.5, 0.6) is 5.75 Å². The van der Waals surface area contributed by atoms with Crippen LogP contribution in [0.3, 0.4) is 0 Å². The first-order chi connectivity index (χ1) is 13.8. The molecule has 4 aromatic rings. The smallest absolute Gasteiger partial charge is 0.257 e. The summed E-state index contributed by atoms with van der Waals surface area (Å²) in [6.07, 6.45) is 0. The van der Waals surface area contributed by atoms with E-state index in [0.717, 1.165) is 21.1 Å². The summed E-state index contributed by atoms with van der Waals surface area (Å²) < 4.78 is 6.60. The molecule has 0 spiro atoms. The van der Waals surface area contributed by atoms with E-state index in [-0.39, 0.29) is 11.7 Å². The van der Waals surface area contributed by atoms with Crippen molar-refractivity contribution in [3.63, 3.8) is 0 Å². The van der Waals surface area contributed by atoms with Gasteiger partial charge < -0.3 is 14.8 Å². The first-order valence-electron chi connectivity index (χ1n) is 8.79. The largest absolute Gasteiger partial charge is 0.507 e. The summed E-state index contributed by atoms with van der Waals surface area (Å²) in [5.74, 6) is -0.111. The van der Waals surface area contributed by atoms with Crippen molar-refractivity contribution in [2.75, 3.05) is 5.32 Å². The molecule has 0 aliphatic rings. The summed E-state index contributed by atoms with van der Waals surface area (Å²) in [4.78, 5) is 17.0. The van der Waals surface area contributed by atoms with E-state index < -0.39 is 0 Å². The number of phenolic OH excluding ortho intramolecular Hbond substituents is 1. The Morgan fingerprint density at radius 1 is 1.14 bits per heavy atom. The van der Waals surface area contributed by atoms with Crippen molar-refractivity contribution >= 4 is 50.2 Å². The summed E-state index contributed by atoms with van der Waals surface area (Å²) in [6.45, 7) is 3.95. The number of aryl methyl sites for hydroxylation is 2. The van der Waals surface area contributed by atoms with Crippen LogP contribution in [0.15, 0.2) is 57.4 Å². The van der Waals surface area contributed by atoms with Gasteiger partial charge in [-0.05, 0) is 61.4 Å². The molecule has 4 rings (SSSR count). The van der Waals surface area contributed by atoms with Crippen molar-refractivity contribution in [3.05, 3.63) is 74.7 Å². The van der Waals surface area contributed by atoms with Crippen LogP contribution in [0.1, 0.15) is 21.5 Å². The van der Waals surface area contributed by atoms with Gasteiger partial charge >= 0.3 is 0 Å². The van der Waals surface area contributed by atoms with E-state index in [9.17, 15) is 9.90 Å². The number of hydrogen-bond donors (Lipinski definition) is 2. The highest BCUT2D eigenvalue weighted by Gasteiger charge is 2.16. The molecular weight excluding hydrogens is 456 g/mol. The second-order valence-electron chi connectivity index (χ2n) is 6.76. The number of nitrogens with one attached hydrogen (secondary N) is 1. The molecule has 3 aromatic carbocycles. The zero-order chi connectivity index (χ0) is 20.7. The standard InChI is InChI=1S/C22H16BrClN2O3/c1-11-7-12(2)20-18(8-11)26-22(29-20)15-5-4-14(10-19(15)27)25-21(28)16-9-13(23)3-6-17(16)24/h3-10,27H,1-2H3,(H,25,28). The number of amides is 1. The molecule has 0 aliphatic heterocycles. The van der Waals surface area contributed by atoms with Gasteiger partial charge in [-0.3, -0.25) is 4.79 Å². The molecule has 146 valence electrons. The number of oxazole rings is 1. The highest BCUT2D eigenvalue weighted by Crippen LogP contribution is 2.34. The van der Waals surface area contributed by atoms with E-state index in [2.05, 4.69) is 26.2 Å². The SMILES string of the molecule is Cc1cc(C)c2oc(-c3ccc(NC(=O)c4cc(Br)ccc4Cl)cc3O)nc2c1. The second kappa shape index (κ2) is 7.54. The van der Waals surface area contributed by atoms with Gasteiger partial charge in [-0.25, -0.2) is 4.98 Å². The average molecular weight is 472 g/mol. The van der Waals surface area contributed by atoms with Gasteiger partial charge in [0.15, 0.2) is 5.58 Å². The highest BCUT2D eigenvalue weighted by molar-refractivity contribution is 9.10.